The average Bonchev–Trinajstić information content (AvgIpc) is 3.06. The Morgan fingerprint density at radius 3 is 2.86 bits per heavy atom. The molecule has 0 spiro atoms. The molecule has 2 atom stereocenters. The van der Waals surface area contributed by atoms with Gasteiger partial charge < -0.3 is 19.5 Å². The van der Waals surface area contributed by atoms with Gasteiger partial charge in [0.15, 0.2) is 0 Å². The Morgan fingerprint density at radius 2 is 2.27 bits per heavy atom. The van der Waals surface area contributed by atoms with Crippen LogP contribution in [0.5, 0.6) is 5.75 Å². The van der Waals surface area contributed by atoms with Crippen LogP contribution in [0.4, 0.5) is 5.69 Å². The largest absolute Gasteiger partial charge is 0.497 e. The number of aliphatic carboxylic acids is 1. The highest BCUT2D eigenvalue weighted by atomic mass is 16.5. The summed E-state index contributed by atoms with van der Waals surface area (Å²) in [5.41, 5.74) is 0.618. The number of rotatable bonds is 6. The fourth-order valence-corrected chi connectivity index (χ4v) is 2.40. The van der Waals surface area contributed by atoms with E-state index in [4.69, 9.17) is 14.6 Å². The highest BCUT2D eigenvalue weighted by Gasteiger charge is 2.31. The minimum Gasteiger partial charge on any atom is -0.497 e. The van der Waals surface area contributed by atoms with Crippen molar-refractivity contribution >= 4 is 17.6 Å². The second-order valence-corrected chi connectivity index (χ2v) is 5.39. The molecule has 1 amide bonds. The first-order valence-electron chi connectivity index (χ1n) is 7.32. The molecular weight excluding hydrogens is 286 g/mol. The number of methoxy groups -OCH3 is 1. The van der Waals surface area contributed by atoms with E-state index in [-0.39, 0.29) is 12.5 Å². The van der Waals surface area contributed by atoms with Crippen molar-refractivity contribution in [1.29, 1.82) is 0 Å². The molecule has 1 N–H and O–H groups in total. The van der Waals surface area contributed by atoms with Crippen molar-refractivity contribution in [3.05, 3.63) is 24.3 Å². The summed E-state index contributed by atoms with van der Waals surface area (Å²) < 4.78 is 10.6. The topological polar surface area (TPSA) is 76.1 Å². The van der Waals surface area contributed by atoms with Gasteiger partial charge in [-0.05, 0) is 25.0 Å². The molecule has 0 aromatic heterocycles. The van der Waals surface area contributed by atoms with Crippen LogP contribution in [0.15, 0.2) is 24.3 Å². The van der Waals surface area contributed by atoms with Gasteiger partial charge in [0.1, 0.15) is 11.9 Å². The zero-order valence-electron chi connectivity index (χ0n) is 12.8. The van der Waals surface area contributed by atoms with Gasteiger partial charge in [-0.3, -0.25) is 9.59 Å². The molecule has 0 saturated carbocycles. The van der Waals surface area contributed by atoms with Crippen LogP contribution >= 0.6 is 0 Å². The third-order valence-corrected chi connectivity index (χ3v) is 3.71. The van der Waals surface area contributed by atoms with Crippen LogP contribution in [0, 0.1) is 5.92 Å². The molecule has 1 aromatic carbocycles. The molecule has 22 heavy (non-hydrogen) atoms. The van der Waals surface area contributed by atoms with E-state index in [0.29, 0.717) is 24.5 Å². The van der Waals surface area contributed by atoms with Crippen LogP contribution in [0.1, 0.15) is 19.8 Å². The first-order valence-corrected chi connectivity index (χ1v) is 7.32. The Bertz CT molecular complexity index is 539. The maximum absolute atomic E-state index is 12.7. The highest BCUT2D eigenvalue weighted by molar-refractivity contribution is 5.97. The van der Waals surface area contributed by atoms with Gasteiger partial charge in [0.05, 0.1) is 13.0 Å². The maximum atomic E-state index is 12.7. The Labute approximate surface area is 129 Å². The van der Waals surface area contributed by atoms with Crippen molar-refractivity contribution in [2.75, 3.05) is 25.2 Å². The van der Waals surface area contributed by atoms with Crippen molar-refractivity contribution < 1.29 is 24.2 Å². The Balaban J connectivity index is 2.26. The molecule has 1 aromatic rings. The third kappa shape index (κ3) is 3.76. The zero-order chi connectivity index (χ0) is 16.1. The van der Waals surface area contributed by atoms with E-state index in [1.807, 2.05) is 0 Å². The van der Waals surface area contributed by atoms with Crippen LogP contribution in [0.3, 0.4) is 0 Å². The number of amides is 1. The number of ether oxygens (including phenoxy) is 2. The van der Waals surface area contributed by atoms with Gasteiger partial charge in [0, 0.05) is 24.9 Å². The quantitative estimate of drug-likeness (QED) is 0.869. The summed E-state index contributed by atoms with van der Waals surface area (Å²) in [5, 5.41) is 9.13. The Kier molecular flexibility index (Phi) is 5.38. The molecule has 1 saturated heterocycles. The van der Waals surface area contributed by atoms with Crippen molar-refractivity contribution in [2.24, 2.45) is 5.92 Å². The van der Waals surface area contributed by atoms with Gasteiger partial charge in [-0.15, -0.1) is 0 Å². The lowest BCUT2D eigenvalue weighted by Crippen LogP contribution is -2.42. The van der Waals surface area contributed by atoms with E-state index in [2.05, 4.69) is 0 Å². The normalized spacial score (nSPS) is 18.7. The van der Waals surface area contributed by atoms with Crippen LogP contribution in [0.25, 0.3) is 0 Å². The summed E-state index contributed by atoms with van der Waals surface area (Å²) in [6, 6.07) is 7.04. The summed E-state index contributed by atoms with van der Waals surface area (Å²) in [5.74, 6) is -1.19. The second-order valence-electron chi connectivity index (χ2n) is 5.39. The summed E-state index contributed by atoms with van der Waals surface area (Å²) in [6.07, 6.45) is 1.02. The van der Waals surface area contributed by atoms with Gasteiger partial charge >= 0.3 is 5.97 Å². The number of nitrogens with zero attached hydrogens (tertiary/aromatic N) is 1. The lowest BCUT2D eigenvalue weighted by atomic mass is 10.1. The van der Waals surface area contributed by atoms with Crippen molar-refractivity contribution in [3.8, 4) is 5.75 Å². The minimum absolute atomic E-state index is 0.0984. The zero-order valence-corrected chi connectivity index (χ0v) is 12.8. The van der Waals surface area contributed by atoms with E-state index in [1.54, 1.807) is 38.3 Å². The maximum Gasteiger partial charge on any atom is 0.308 e. The van der Waals surface area contributed by atoms with Crippen molar-refractivity contribution in [3.63, 3.8) is 0 Å². The molecule has 2 unspecified atom stereocenters. The number of carboxylic acid groups (broad SMARTS) is 1. The summed E-state index contributed by atoms with van der Waals surface area (Å²) in [7, 11) is 1.55. The first kappa shape index (κ1) is 16.3. The molecule has 0 aliphatic carbocycles. The SMILES string of the molecule is COc1cccc(N(CC(C)C(=O)O)C(=O)C2CCCO2)c1. The van der Waals surface area contributed by atoms with E-state index < -0.39 is 18.0 Å². The van der Waals surface area contributed by atoms with Gasteiger partial charge in [0.2, 0.25) is 0 Å². The van der Waals surface area contributed by atoms with E-state index >= 15 is 0 Å². The summed E-state index contributed by atoms with van der Waals surface area (Å²) in [6.45, 7) is 2.25. The molecule has 1 aliphatic heterocycles. The van der Waals surface area contributed by atoms with E-state index in [1.165, 1.54) is 4.90 Å². The predicted molar refractivity (Wildman–Crippen MR) is 81.1 cm³/mol. The highest BCUT2D eigenvalue weighted by Crippen LogP contribution is 2.25. The van der Waals surface area contributed by atoms with Crippen LogP contribution in [0.2, 0.25) is 0 Å². The molecule has 1 fully saturated rings. The number of carboxylic acids is 1. The van der Waals surface area contributed by atoms with Gasteiger partial charge in [-0.2, -0.15) is 0 Å². The monoisotopic (exact) mass is 307 g/mol. The Hall–Kier alpha value is -2.08. The van der Waals surface area contributed by atoms with Crippen LogP contribution < -0.4 is 9.64 Å². The number of hydrogen-bond acceptors (Lipinski definition) is 4. The van der Waals surface area contributed by atoms with Crippen molar-refractivity contribution in [1.82, 2.24) is 0 Å². The summed E-state index contributed by atoms with van der Waals surface area (Å²) >= 11 is 0. The third-order valence-electron chi connectivity index (χ3n) is 3.71. The molecule has 0 radical (unpaired) electrons. The minimum atomic E-state index is -0.937. The lowest BCUT2D eigenvalue weighted by Gasteiger charge is -2.27. The second kappa shape index (κ2) is 7.26. The lowest BCUT2D eigenvalue weighted by molar-refractivity contribution is -0.140. The predicted octanol–water partition coefficient (Wildman–Crippen LogP) is 1.93. The molecule has 0 bridgehead atoms. The van der Waals surface area contributed by atoms with E-state index in [0.717, 1.165) is 6.42 Å². The molecule has 6 nitrogen and oxygen atoms in total. The van der Waals surface area contributed by atoms with Gasteiger partial charge in [0.25, 0.3) is 5.91 Å². The fourth-order valence-electron chi connectivity index (χ4n) is 2.40. The van der Waals surface area contributed by atoms with E-state index in [9.17, 15) is 9.59 Å². The number of benzene rings is 1. The van der Waals surface area contributed by atoms with Crippen LogP contribution in [-0.4, -0.2) is 43.3 Å². The van der Waals surface area contributed by atoms with Gasteiger partial charge in [-0.25, -0.2) is 0 Å². The molecular formula is C16H21NO5. The standard InChI is InChI=1S/C16H21NO5/c1-11(16(19)20)10-17(15(18)14-7-4-8-22-14)12-5-3-6-13(9-12)21-2/h3,5-6,9,11,14H,4,7-8,10H2,1-2H3,(H,19,20). The summed E-state index contributed by atoms with van der Waals surface area (Å²) in [4.78, 5) is 25.3. The number of hydrogen-bond donors (Lipinski definition) is 1. The first-order chi connectivity index (χ1) is 10.5. The fraction of sp³-hybridized carbons (Fsp3) is 0.500. The Morgan fingerprint density at radius 1 is 1.50 bits per heavy atom. The number of anilines is 1. The molecule has 1 heterocycles. The molecule has 1 aliphatic rings. The van der Waals surface area contributed by atoms with Crippen LogP contribution in [-0.2, 0) is 14.3 Å². The molecule has 2 rings (SSSR count). The van der Waals surface area contributed by atoms with Crippen molar-refractivity contribution in [2.45, 2.75) is 25.9 Å². The smallest absolute Gasteiger partial charge is 0.308 e. The molecule has 120 valence electrons. The number of carbonyl (C=O) groups excluding carboxylic acids is 1. The average molecular weight is 307 g/mol. The molecule has 6 heteroatoms. The van der Waals surface area contributed by atoms with Gasteiger partial charge in [-0.1, -0.05) is 13.0 Å². The number of carbonyl (C=O) groups is 2.